The Morgan fingerprint density at radius 1 is 1.25 bits per heavy atom. The molecular weight excluding hydrogens is 401 g/mol. The topological polar surface area (TPSA) is 59.2 Å². The fraction of sp³-hybridized carbons (Fsp3) is 0.350. The van der Waals surface area contributed by atoms with E-state index in [4.69, 9.17) is 16.1 Å². The van der Waals surface area contributed by atoms with Crippen LogP contribution in [0.3, 0.4) is 0 Å². The van der Waals surface area contributed by atoms with Gasteiger partial charge in [-0.1, -0.05) is 16.8 Å². The highest BCUT2D eigenvalue weighted by molar-refractivity contribution is 7.15. The summed E-state index contributed by atoms with van der Waals surface area (Å²) in [6, 6.07) is 6.16. The fourth-order valence-corrected chi connectivity index (χ4v) is 5.30. The SMILES string of the molecule is O=C1CC(c2noc(-c3cc4c(s3)CCCC4)n2)CN1c1cc(F)ccc1Cl. The first-order valence-corrected chi connectivity index (χ1v) is 10.5. The number of hydrogen-bond donors (Lipinski definition) is 0. The second-order valence-corrected chi connectivity index (χ2v) is 8.77. The molecule has 8 heteroatoms. The highest BCUT2D eigenvalue weighted by Crippen LogP contribution is 2.38. The third-order valence-corrected chi connectivity index (χ3v) is 6.88. The number of thiophene rings is 1. The first-order valence-electron chi connectivity index (χ1n) is 9.29. The number of benzene rings is 1. The average Bonchev–Trinajstić information content (AvgIpc) is 3.40. The van der Waals surface area contributed by atoms with Crippen molar-refractivity contribution in [3.8, 4) is 10.8 Å². The van der Waals surface area contributed by atoms with Crippen molar-refractivity contribution in [1.29, 1.82) is 0 Å². The zero-order valence-electron chi connectivity index (χ0n) is 15.0. The number of carbonyl (C=O) groups is 1. The second kappa shape index (κ2) is 6.97. The number of amides is 1. The maximum atomic E-state index is 13.6. The summed E-state index contributed by atoms with van der Waals surface area (Å²) in [7, 11) is 0. The Bertz CT molecular complexity index is 1040. The predicted octanol–water partition coefficient (Wildman–Crippen LogP) is 4.99. The van der Waals surface area contributed by atoms with Crippen LogP contribution < -0.4 is 4.90 Å². The molecule has 0 bridgehead atoms. The van der Waals surface area contributed by atoms with E-state index in [0.717, 1.165) is 17.7 Å². The van der Waals surface area contributed by atoms with Crippen LogP contribution in [0.5, 0.6) is 0 Å². The molecule has 1 fully saturated rings. The van der Waals surface area contributed by atoms with Gasteiger partial charge in [-0.3, -0.25) is 4.79 Å². The van der Waals surface area contributed by atoms with Gasteiger partial charge in [-0.25, -0.2) is 4.39 Å². The maximum Gasteiger partial charge on any atom is 0.268 e. The second-order valence-electron chi connectivity index (χ2n) is 7.23. The van der Waals surface area contributed by atoms with Gasteiger partial charge in [0.05, 0.1) is 15.6 Å². The number of rotatable bonds is 3. The number of nitrogens with zero attached hydrogens (tertiary/aromatic N) is 3. The van der Waals surface area contributed by atoms with Gasteiger partial charge in [-0.05, 0) is 55.5 Å². The number of fused-ring (bicyclic) bond motifs is 1. The molecule has 1 aliphatic carbocycles. The molecule has 3 heterocycles. The molecule has 28 heavy (non-hydrogen) atoms. The van der Waals surface area contributed by atoms with E-state index in [2.05, 4.69) is 16.2 Å². The number of hydrogen-bond acceptors (Lipinski definition) is 5. The summed E-state index contributed by atoms with van der Waals surface area (Å²) in [6.07, 6.45) is 4.91. The molecule has 2 aromatic heterocycles. The molecule has 1 unspecified atom stereocenters. The van der Waals surface area contributed by atoms with Gasteiger partial charge in [-0.15, -0.1) is 11.3 Å². The molecule has 1 amide bonds. The molecule has 0 spiro atoms. The minimum Gasteiger partial charge on any atom is -0.333 e. The molecule has 5 rings (SSSR count). The smallest absolute Gasteiger partial charge is 0.268 e. The van der Waals surface area contributed by atoms with Gasteiger partial charge >= 0.3 is 0 Å². The zero-order chi connectivity index (χ0) is 19.3. The Labute approximate surface area is 170 Å². The van der Waals surface area contributed by atoms with E-state index in [1.54, 1.807) is 11.3 Å². The number of anilines is 1. The highest BCUT2D eigenvalue weighted by Gasteiger charge is 2.35. The van der Waals surface area contributed by atoms with Crippen molar-refractivity contribution in [3.05, 3.63) is 51.4 Å². The molecule has 144 valence electrons. The average molecular weight is 418 g/mol. The summed E-state index contributed by atoms with van der Waals surface area (Å²) in [5.74, 6) is 0.238. The van der Waals surface area contributed by atoms with Gasteiger partial charge in [0.2, 0.25) is 5.91 Å². The van der Waals surface area contributed by atoms with Crippen LogP contribution in [-0.4, -0.2) is 22.6 Å². The van der Waals surface area contributed by atoms with E-state index in [1.165, 1.54) is 46.4 Å². The number of aryl methyl sites for hydroxylation is 2. The van der Waals surface area contributed by atoms with Crippen molar-refractivity contribution in [2.75, 3.05) is 11.4 Å². The number of carbonyl (C=O) groups excluding carboxylic acids is 1. The lowest BCUT2D eigenvalue weighted by Crippen LogP contribution is -2.24. The Morgan fingerprint density at radius 3 is 2.96 bits per heavy atom. The first kappa shape index (κ1) is 17.8. The molecule has 0 saturated carbocycles. The van der Waals surface area contributed by atoms with Crippen LogP contribution >= 0.6 is 22.9 Å². The van der Waals surface area contributed by atoms with Crippen LogP contribution in [0.2, 0.25) is 5.02 Å². The largest absolute Gasteiger partial charge is 0.333 e. The van der Waals surface area contributed by atoms with E-state index in [0.29, 0.717) is 29.0 Å². The Kier molecular flexibility index (Phi) is 4.44. The number of aromatic nitrogens is 2. The summed E-state index contributed by atoms with van der Waals surface area (Å²) in [5, 5.41) is 4.46. The minimum absolute atomic E-state index is 0.129. The molecule has 5 nitrogen and oxygen atoms in total. The van der Waals surface area contributed by atoms with Crippen molar-refractivity contribution in [2.24, 2.45) is 0 Å². The summed E-state index contributed by atoms with van der Waals surface area (Å²) >= 11 is 7.87. The monoisotopic (exact) mass is 417 g/mol. The minimum atomic E-state index is -0.431. The Balaban J connectivity index is 1.38. The van der Waals surface area contributed by atoms with Crippen molar-refractivity contribution in [2.45, 2.75) is 38.0 Å². The molecule has 0 N–H and O–H groups in total. The van der Waals surface area contributed by atoms with Crippen LogP contribution in [0.15, 0.2) is 28.8 Å². The lowest BCUT2D eigenvalue weighted by molar-refractivity contribution is -0.117. The molecular formula is C20H17ClFN3O2S. The lowest BCUT2D eigenvalue weighted by atomic mass is 9.99. The van der Waals surface area contributed by atoms with E-state index in [1.807, 2.05) is 0 Å². The van der Waals surface area contributed by atoms with Crippen molar-refractivity contribution in [3.63, 3.8) is 0 Å². The van der Waals surface area contributed by atoms with Crippen LogP contribution in [-0.2, 0) is 17.6 Å². The highest BCUT2D eigenvalue weighted by atomic mass is 35.5. The van der Waals surface area contributed by atoms with Gasteiger partial charge in [0.1, 0.15) is 5.82 Å². The van der Waals surface area contributed by atoms with Gasteiger partial charge in [0.15, 0.2) is 5.82 Å². The summed E-state index contributed by atoms with van der Waals surface area (Å²) < 4.78 is 19.1. The molecule has 1 aliphatic heterocycles. The first-order chi connectivity index (χ1) is 13.6. The van der Waals surface area contributed by atoms with E-state index in [-0.39, 0.29) is 18.2 Å². The molecule has 1 saturated heterocycles. The van der Waals surface area contributed by atoms with Gasteiger partial charge in [0.25, 0.3) is 5.89 Å². The van der Waals surface area contributed by atoms with Crippen molar-refractivity contribution in [1.82, 2.24) is 10.1 Å². The Morgan fingerprint density at radius 2 is 2.11 bits per heavy atom. The van der Waals surface area contributed by atoms with E-state index in [9.17, 15) is 9.18 Å². The number of halogens is 2. The fourth-order valence-electron chi connectivity index (χ4n) is 3.90. The van der Waals surface area contributed by atoms with Crippen LogP contribution in [0, 0.1) is 5.82 Å². The van der Waals surface area contributed by atoms with Crippen molar-refractivity contribution < 1.29 is 13.7 Å². The standard InChI is InChI=1S/C20H17ClFN3O2S/c21-14-6-5-13(22)9-15(14)25-10-12(8-18(25)26)19-23-20(27-24-19)17-7-11-3-1-2-4-16(11)28-17/h5-7,9,12H,1-4,8,10H2. The summed E-state index contributed by atoms with van der Waals surface area (Å²) in [6.45, 7) is 0.349. The van der Waals surface area contributed by atoms with Crippen molar-refractivity contribution >= 4 is 34.5 Å². The zero-order valence-corrected chi connectivity index (χ0v) is 16.5. The molecule has 2 aliphatic rings. The maximum absolute atomic E-state index is 13.6. The molecule has 1 atom stereocenters. The third-order valence-electron chi connectivity index (χ3n) is 5.34. The van der Waals surface area contributed by atoms with Gasteiger partial charge in [0, 0.05) is 23.8 Å². The summed E-state index contributed by atoms with van der Waals surface area (Å²) in [5.41, 5.74) is 1.76. The van der Waals surface area contributed by atoms with E-state index < -0.39 is 5.82 Å². The molecule has 1 aromatic carbocycles. The lowest BCUT2D eigenvalue weighted by Gasteiger charge is -2.17. The normalized spacial score (nSPS) is 19.3. The Hall–Kier alpha value is -2.25. The van der Waals surface area contributed by atoms with Gasteiger partial charge in [-0.2, -0.15) is 4.98 Å². The predicted molar refractivity (Wildman–Crippen MR) is 105 cm³/mol. The molecule has 0 radical (unpaired) electrons. The van der Waals surface area contributed by atoms with Crippen LogP contribution in [0.4, 0.5) is 10.1 Å². The third kappa shape index (κ3) is 3.12. The summed E-state index contributed by atoms with van der Waals surface area (Å²) in [4.78, 5) is 20.9. The van der Waals surface area contributed by atoms with Gasteiger partial charge < -0.3 is 9.42 Å². The van der Waals surface area contributed by atoms with Crippen LogP contribution in [0.1, 0.15) is 41.4 Å². The quantitative estimate of drug-likeness (QED) is 0.602. The molecule has 3 aromatic rings. The van der Waals surface area contributed by atoms with Crippen LogP contribution in [0.25, 0.3) is 10.8 Å². The van der Waals surface area contributed by atoms with E-state index >= 15 is 0 Å².